The minimum absolute atomic E-state index is 0.0853. The lowest BCUT2D eigenvalue weighted by Gasteiger charge is -2.23. The van der Waals surface area contributed by atoms with Gasteiger partial charge in [-0.2, -0.15) is 4.31 Å². The van der Waals surface area contributed by atoms with Crippen molar-refractivity contribution in [3.63, 3.8) is 0 Å². The smallest absolute Gasteiger partial charge is 0.336 e. The van der Waals surface area contributed by atoms with E-state index < -0.39 is 16.0 Å². The van der Waals surface area contributed by atoms with Crippen molar-refractivity contribution in [2.75, 3.05) is 0 Å². The molecular weight excluding hydrogens is 497 g/mol. The first-order chi connectivity index (χ1) is 17.3. The number of benzene rings is 4. The molecule has 4 aromatic carbocycles. The van der Waals surface area contributed by atoms with Gasteiger partial charge < -0.3 is 5.11 Å². The normalized spacial score (nSPS) is 11.5. The topological polar surface area (TPSA) is 74.7 Å². The van der Waals surface area contributed by atoms with Gasteiger partial charge in [-0.25, -0.2) is 17.6 Å². The third-order valence-electron chi connectivity index (χ3n) is 5.53. The zero-order chi connectivity index (χ0) is 25.5. The van der Waals surface area contributed by atoms with Gasteiger partial charge in [-0.3, -0.25) is 0 Å². The number of nitrogens with zero attached hydrogens (tertiary/aromatic N) is 1. The first-order valence-electron chi connectivity index (χ1n) is 11.2. The van der Waals surface area contributed by atoms with Crippen LogP contribution in [0.25, 0.3) is 0 Å². The van der Waals surface area contributed by atoms with Crippen LogP contribution in [0.1, 0.15) is 27.0 Å². The van der Waals surface area contributed by atoms with Crippen LogP contribution in [0.15, 0.2) is 113 Å². The van der Waals surface area contributed by atoms with Crippen molar-refractivity contribution in [3.8, 4) is 0 Å². The van der Waals surface area contributed by atoms with Gasteiger partial charge in [0.05, 0.1) is 10.5 Å². The maximum atomic E-state index is 13.7. The molecule has 0 heterocycles. The van der Waals surface area contributed by atoms with E-state index in [-0.39, 0.29) is 29.4 Å². The Bertz CT molecular complexity index is 1390. The summed E-state index contributed by atoms with van der Waals surface area (Å²) in [5.74, 6) is -1.15. The van der Waals surface area contributed by atoms with E-state index >= 15 is 0 Å². The Kier molecular flexibility index (Phi) is 8.20. The number of sulfonamides is 1. The molecule has 8 heteroatoms. The van der Waals surface area contributed by atoms with Crippen molar-refractivity contribution in [2.24, 2.45) is 0 Å². The fourth-order valence-electron chi connectivity index (χ4n) is 3.65. The maximum absolute atomic E-state index is 13.7. The molecule has 0 bridgehead atoms. The number of carboxylic acid groups (broad SMARTS) is 1. The standard InChI is InChI=1S/C28H24FNO4S2/c29-24-13-11-23(12-14-24)20-35-27-16-15-25(17-26(27)28(31)32)36(33,34)30(18-21-7-3-1-4-8-21)19-22-9-5-2-6-10-22/h1-17H,18-20H2,(H,31,32). The zero-order valence-corrected chi connectivity index (χ0v) is 20.9. The van der Waals surface area contributed by atoms with Crippen LogP contribution in [0.3, 0.4) is 0 Å². The molecule has 0 saturated carbocycles. The molecule has 184 valence electrons. The van der Waals surface area contributed by atoms with E-state index in [0.717, 1.165) is 16.7 Å². The van der Waals surface area contributed by atoms with Crippen molar-refractivity contribution in [1.29, 1.82) is 0 Å². The molecule has 4 rings (SSSR count). The minimum Gasteiger partial charge on any atom is -0.478 e. The Labute approximate surface area is 214 Å². The molecule has 0 aliphatic heterocycles. The van der Waals surface area contributed by atoms with Gasteiger partial charge in [0, 0.05) is 23.7 Å². The van der Waals surface area contributed by atoms with Crippen LogP contribution in [0.4, 0.5) is 4.39 Å². The summed E-state index contributed by atoms with van der Waals surface area (Å²) in [6.07, 6.45) is 0. The number of halogens is 1. The summed E-state index contributed by atoms with van der Waals surface area (Å²) in [4.78, 5) is 12.4. The maximum Gasteiger partial charge on any atom is 0.336 e. The predicted molar refractivity (Wildman–Crippen MR) is 139 cm³/mol. The summed E-state index contributed by atoms with van der Waals surface area (Å²) >= 11 is 1.26. The fourth-order valence-corrected chi connectivity index (χ4v) is 6.08. The second kappa shape index (κ2) is 11.5. The highest BCUT2D eigenvalue weighted by molar-refractivity contribution is 7.98. The predicted octanol–water partition coefficient (Wildman–Crippen LogP) is 6.21. The molecule has 0 aromatic heterocycles. The van der Waals surface area contributed by atoms with E-state index in [1.807, 2.05) is 60.7 Å². The molecule has 0 radical (unpaired) electrons. The largest absolute Gasteiger partial charge is 0.478 e. The Morgan fingerprint density at radius 1 is 0.778 bits per heavy atom. The number of hydrogen-bond acceptors (Lipinski definition) is 4. The van der Waals surface area contributed by atoms with E-state index in [1.54, 1.807) is 12.1 Å². The van der Waals surface area contributed by atoms with Gasteiger partial charge in [-0.05, 0) is 47.0 Å². The molecule has 0 amide bonds. The molecule has 36 heavy (non-hydrogen) atoms. The van der Waals surface area contributed by atoms with Crippen LogP contribution in [0, 0.1) is 5.82 Å². The molecule has 0 aliphatic rings. The van der Waals surface area contributed by atoms with E-state index in [4.69, 9.17) is 0 Å². The van der Waals surface area contributed by atoms with Gasteiger partial charge >= 0.3 is 5.97 Å². The van der Waals surface area contributed by atoms with Crippen LogP contribution in [-0.4, -0.2) is 23.8 Å². The second-order valence-corrected chi connectivity index (χ2v) is 11.1. The van der Waals surface area contributed by atoms with E-state index in [2.05, 4.69) is 0 Å². The van der Waals surface area contributed by atoms with Gasteiger partial charge in [0.1, 0.15) is 5.82 Å². The Morgan fingerprint density at radius 2 is 1.33 bits per heavy atom. The highest BCUT2D eigenvalue weighted by Gasteiger charge is 2.27. The highest BCUT2D eigenvalue weighted by Crippen LogP contribution is 2.30. The molecule has 0 atom stereocenters. The molecule has 0 fully saturated rings. The zero-order valence-electron chi connectivity index (χ0n) is 19.2. The van der Waals surface area contributed by atoms with Gasteiger partial charge in [0.2, 0.25) is 10.0 Å². The Morgan fingerprint density at radius 3 is 1.86 bits per heavy atom. The summed E-state index contributed by atoms with van der Waals surface area (Å²) in [7, 11) is -4.02. The van der Waals surface area contributed by atoms with Crippen molar-refractivity contribution in [3.05, 3.63) is 131 Å². The molecule has 4 aromatic rings. The summed E-state index contributed by atoms with van der Waals surface area (Å²) < 4.78 is 42.0. The van der Waals surface area contributed by atoms with E-state index in [1.165, 1.54) is 46.4 Å². The third-order valence-corrected chi connectivity index (χ3v) is 8.46. The van der Waals surface area contributed by atoms with Gasteiger partial charge in [-0.1, -0.05) is 72.8 Å². The first-order valence-corrected chi connectivity index (χ1v) is 13.6. The number of hydrogen-bond donors (Lipinski definition) is 1. The van der Waals surface area contributed by atoms with Crippen molar-refractivity contribution in [1.82, 2.24) is 4.31 Å². The summed E-state index contributed by atoms with van der Waals surface area (Å²) in [6.45, 7) is 0.281. The molecule has 5 nitrogen and oxygen atoms in total. The highest BCUT2D eigenvalue weighted by atomic mass is 32.2. The van der Waals surface area contributed by atoms with Crippen LogP contribution in [-0.2, 0) is 28.9 Å². The fraction of sp³-hybridized carbons (Fsp3) is 0.107. The Hall–Kier alpha value is -3.46. The molecular formula is C28H24FNO4S2. The van der Waals surface area contributed by atoms with E-state index in [0.29, 0.717) is 10.6 Å². The summed E-state index contributed by atoms with van der Waals surface area (Å²) in [6, 6.07) is 28.6. The molecule has 0 saturated heterocycles. The first kappa shape index (κ1) is 25.6. The monoisotopic (exact) mass is 521 g/mol. The number of thioether (sulfide) groups is 1. The lowest BCUT2D eigenvalue weighted by molar-refractivity contribution is 0.0692. The number of aromatic carboxylic acids is 1. The number of carboxylic acids is 1. The summed E-state index contributed by atoms with van der Waals surface area (Å²) in [5.41, 5.74) is 2.37. The number of carbonyl (C=O) groups is 1. The molecule has 1 N–H and O–H groups in total. The number of rotatable bonds is 10. The summed E-state index contributed by atoms with van der Waals surface area (Å²) in [5, 5.41) is 9.83. The minimum atomic E-state index is -4.02. The molecule has 0 aliphatic carbocycles. The average molecular weight is 522 g/mol. The molecule has 0 unspecified atom stereocenters. The van der Waals surface area contributed by atoms with Crippen LogP contribution < -0.4 is 0 Å². The SMILES string of the molecule is O=C(O)c1cc(S(=O)(=O)N(Cc2ccccc2)Cc2ccccc2)ccc1SCc1ccc(F)cc1. The van der Waals surface area contributed by atoms with Gasteiger partial charge in [-0.15, -0.1) is 11.8 Å². The van der Waals surface area contributed by atoms with Crippen molar-refractivity contribution in [2.45, 2.75) is 28.6 Å². The molecule has 0 spiro atoms. The lowest BCUT2D eigenvalue weighted by Crippen LogP contribution is -2.30. The second-order valence-electron chi connectivity index (χ2n) is 8.12. The Balaban J connectivity index is 1.64. The van der Waals surface area contributed by atoms with Crippen LogP contribution >= 0.6 is 11.8 Å². The van der Waals surface area contributed by atoms with Gasteiger partial charge in [0.25, 0.3) is 0 Å². The van der Waals surface area contributed by atoms with Crippen LogP contribution in [0.2, 0.25) is 0 Å². The van der Waals surface area contributed by atoms with Crippen molar-refractivity contribution < 1.29 is 22.7 Å². The third kappa shape index (κ3) is 6.40. The van der Waals surface area contributed by atoms with Crippen molar-refractivity contribution >= 4 is 27.8 Å². The van der Waals surface area contributed by atoms with Crippen LogP contribution in [0.5, 0.6) is 0 Å². The van der Waals surface area contributed by atoms with Gasteiger partial charge in [0.15, 0.2) is 0 Å². The quantitative estimate of drug-likeness (QED) is 0.251. The van der Waals surface area contributed by atoms with E-state index in [9.17, 15) is 22.7 Å². The average Bonchev–Trinajstić information content (AvgIpc) is 2.89. The lowest BCUT2D eigenvalue weighted by atomic mass is 10.2.